The van der Waals surface area contributed by atoms with Crippen LogP contribution in [0, 0.1) is 22.0 Å². The molecule has 0 aliphatic rings. The quantitative estimate of drug-likeness (QED) is 0.360. The number of carbonyl (C=O) groups is 1. The highest BCUT2D eigenvalue weighted by atomic mass is 16.6. The fraction of sp³-hybridized carbons (Fsp3) is 0.357. The molecule has 1 aromatic carbocycles. The van der Waals surface area contributed by atoms with E-state index in [1.807, 2.05) is 0 Å². The van der Waals surface area contributed by atoms with Crippen LogP contribution in [0.2, 0.25) is 0 Å². The van der Waals surface area contributed by atoms with Gasteiger partial charge in [0.15, 0.2) is 0 Å². The molecule has 1 amide bonds. The number of benzene rings is 1. The Kier molecular flexibility index (Phi) is 6.04. The van der Waals surface area contributed by atoms with Crippen molar-refractivity contribution in [3.05, 3.63) is 33.9 Å². The van der Waals surface area contributed by atoms with Gasteiger partial charge in [-0.25, -0.2) is 0 Å². The molecule has 0 atom stereocenters. The first-order chi connectivity index (χ1) is 9.60. The Hall–Kier alpha value is -2.55. The van der Waals surface area contributed by atoms with Gasteiger partial charge >= 0.3 is 0 Å². The maximum Gasteiger partial charge on any atom is 0.293 e. The third kappa shape index (κ3) is 4.28. The molecule has 0 saturated carbocycles. The van der Waals surface area contributed by atoms with Gasteiger partial charge in [0.1, 0.15) is 5.69 Å². The molecule has 0 heterocycles. The van der Waals surface area contributed by atoms with Crippen molar-refractivity contribution in [2.75, 3.05) is 18.4 Å². The molecule has 20 heavy (non-hydrogen) atoms. The van der Waals surface area contributed by atoms with Crippen molar-refractivity contribution >= 4 is 17.3 Å². The normalized spacial score (nSPS) is 9.30. The molecule has 0 unspecified atom stereocenters. The Morgan fingerprint density at radius 2 is 2.20 bits per heavy atom. The highest BCUT2D eigenvalue weighted by molar-refractivity contribution is 5.95. The van der Waals surface area contributed by atoms with E-state index in [9.17, 15) is 14.9 Å². The van der Waals surface area contributed by atoms with Crippen LogP contribution in [0.5, 0.6) is 0 Å². The van der Waals surface area contributed by atoms with Crippen molar-refractivity contribution in [3.63, 3.8) is 0 Å². The van der Waals surface area contributed by atoms with Crippen molar-refractivity contribution in [1.29, 1.82) is 0 Å². The number of anilines is 1. The van der Waals surface area contributed by atoms with Gasteiger partial charge in [0.25, 0.3) is 11.6 Å². The van der Waals surface area contributed by atoms with Crippen LogP contribution >= 0.6 is 0 Å². The monoisotopic (exact) mass is 275 g/mol. The molecule has 0 aliphatic heterocycles. The van der Waals surface area contributed by atoms with Crippen LogP contribution in [-0.2, 0) is 0 Å². The molecule has 0 aliphatic carbocycles. The SMILES string of the molecule is CC#CCCNc1ccc(C(=O)NCC)cc1[N+](=O)[O-]. The average molecular weight is 275 g/mol. The smallest absolute Gasteiger partial charge is 0.293 e. The van der Waals surface area contributed by atoms with E-state index in [1.165, 1.54) is 6.07 Å². The third-order valence-corrected chi connectivity index (χ3v) is 2.54. The van der Waals surface area contributed by atoms with Gasteiger partial charge in [0.05, 0.1) is 4.92 Å². The van der Waals surface area contributed by atoms with Gasteiger partial charge in [-0.15, -0.1) is 11.8 Å². The highest BCUT2D eigenvalue weighted by Crippen LogP contribution is 2.25. The summed E-state index contributed by atoms with van der Waals surface area (Å²) in [4.78, 5) is 22.2. The molecule has 0 spiro atoms. The van der Waals surface area contributed by atoms with Gasteiger partial charge < -0.3 is 10.6 Å². The molecule has 2 N–H and O–H groups in total. The molecule has 6 heteroatoms. The standard InChI is InChI=1S/C14H17N3O3/c1-3-5-6-9-16-12-8-7-11(14(18)15-4-2)10-13(12)17(19)20/h7-8,10,16H,4,6,9H2,1-2H3,(H,15,18). The van der Waals surface area contributed by atoms with Gasteiger partial charge in [-0.1, -0.05) is 0 Å². The van der Waals surface area contributed by atoms with Crippen molar-refractivity contribution < 1.29 is 9.72 Å². The number of nitro groups is 1. The fourth-order valence-corrected chi connectivity index (χ4v) is 1.62. The number of amides is 1. The minimum atomic E-state index is -0.503. The molecule has 1 aromatic rings. The van der Waals surface area contributed by atoms with Crippen LogP contribution in [-0.4, -0.2) is 23.9 Å². The Morgan fingerprint density at radius 1 is 1.45 bits per heavy atom. The Balaban J connectivity index is 2.92. The van der Waals surface area contributed by atoms with Gasteiger partial charge in [0.2, 0.25) is 0 Å². The minimum Gasteiger partial charge on any atom is -0.379 e. The van der Waals surface area contributed by atoms with Gasteiger partial charge in [0, 0.05) is 31.1 Å². The number of nitrogens with zero attached hydrogens (tertiary/aromatic N) is 1. The van der Waals surface area contributed by atoms with Crippen LogP contribution in [0.15, 0.2) is 18.2 Å². The summed E-state index contributed by atoms with van der Waals surface area (Å²) in [5.74, 6) is 5.30. The lowest BCUT2D eigenvalue weighted by Crippen LogP contribution is -2.22. The number of nitrogens with one attached hydrogen (secondary N) is 2. The second-order valence-electron chi connectivity index (χ2n) is 3.95. The average Bonchev–Trinajstić information content (AvgIpc) is 2.43. The minimum absolute atomic E-state index is 0.113. The van der Waals surface area contributed by atoms with Gasteiger partial charge in [-0.05, 0) is 26.0 Å². The summed E-state index contributed by atoms with van der Waals surface area (Å²) in [6.07, 6.45) is 0.603. The van der Waals surface area contributed by atoms with E-state index in [0.717, 1.165) is 0 Å². The van der Waals surface area contributed by atoms with Crippen molar-refractivity contribution in [1.82, 2.24) is 5.32 Å². The summed E-state index contributed by atoms with van der Waals surface area (Å²) in [7, 11) is 0. The fourth-order valence-electron chi connectivity index (χ4n) is 1.62. The lowest BCUT2D eigenvalue weighted by molar-refractivity contribution is -0.384. The maximum atomic E-state index is 11.7. The first-order valence-electron chi connectivity index (χ1n) is 6.30. The third-order valence-electron chi connectivity index (χ3n) is 2.54. The lowest BCUT2D eigenvalue weighted by atomic mass is 10.1. The molecule has 0 bridgehead atoms. The maximum absolute atomic E-state index is 11.7. The van der Waals surface area contributed by atoms with Crippen LogP contribution in [0.25, 0.3) is 0 Å². The molecule has 106 valence electrons. The molecule has 6 nitrogen and oxygen atoms in total. The molecular formula is C14H17N3O3. The summed E-state index contributed by atoms with van der Waals surface area (Å²) >= 11 is 0. The zero-order valence-electron chi connectivity index (χ0n) is 11.5. The van der Waals surface area contributed by atoms with Crippen LogP contribution in [0.4, 0.5) is 11.4 Å². The van der Waals surface area contributed by atoms with E-state index in [1.54, 1.807) is 26.0 Å². The van der Waals surface area contributed by atoms with E-state index >= 15 is 0 Å². The van der Waals surface area contributed by atoms with E-state index in [0.29, 0.717) is 25.2 Å². The Labute approximate surface area is 117 Å². The largest absolute Gasteiger partial charge is 0.379 e. The highest BCUT2D eigenvalue weighted by Gasteiger charge is 2.16. The number of nitro benzene ring substituents is 1. The van der Waals surface area contributed by atoms with Crippen LogP contribution < -0.4 is 10.6 Å². The number of hydrogen-bond acceptors (Lipinski definition) is 4. The summed E-state index contributed by atoms with van der Waals surface area (Å²) < 4.78 is 0. The van der Waals surface area contributed by atoms with Gasteiger partial charge in [-0.3, -0.25) is 14.9 Å². The number of rotatable bonds is 6. The molecule has 0 aromatic heterocycles. The lowest BCUT2D eigenvalue weighted by Gasteiger charge is -2.07. The summed E-state index contributed by atoms with van der Waals surface area (Å²) in [5.41, 5.74) is 0.552. The first-order valence-corrected chi connectivity index (χ1v) is 6.30. The Bertz CT molecular complexity index is 559. The van der Waals surface area contributed by atoms with Crippen molar-refractivity contribution in [2.45, 2.75) is 20.3 Å². The molecule has 0 fully saturated rings. The van der Waals surface area contributed by atoms with E-state index < -0.39 is 4.92 Å². The first kappa shape index (κ1) is 15.5. The topological polar surface area (TPSA) is 84.3 Å². The molecule has 0 radical (unpaired) electrons. The van der Waals surface area contributed by atoms with E-state index in [-0.39, 0.29) is 17.2 Å². The number of hydrogen-bond donors (Lipinski definition) is 2. The van der Waals surface area contributed by atoms with Gasteiger partial charge in [-0.2, -0.15) is 0 Å². The zero-order valence-corrected chi connectivity index (χ0v) is 11.5. The van der Waals surface area contributed by atoms with Crippen molar-refractivity contribution in [2.24, 2.45) is 0 Å². The predicted molar refractivity (Wildman–Crippen MR) is 77.7 cm³/mol. The second kappa shape index (κ2) is 7.79. The van der Waals surface area contributed by atoms with Crippen LogP contribution in [0.1, 0.15) is 30.6 Å². The second-order valence-corrected chi connectivity index (χ2v) is 3.95. The molecule has 0 saturated heterocycles. The van der Waals surface area contributed by atoms with E-state index in [2.05, 4.69) is 22.5 Å². The number of carbonyl (C=O) groups excluding carboxylic acids is 1. The summed E-state index contributed by atoms with van der Waals surface area (Å²) in [6.45, 7) is 4.52. The molecular weight excluding hydrogens is 258 g/mol. The zero-order chi connectivity index (χ0) is 15.0. The predicted octanol–water partition coefficient (Wildman–Crippen LogP) is 2.17. The Morgan fingerprint density at radius 3 is 2.80 bits per heavy atom. The van der Waals surface area contributed by atoms with E-state index in [4.69, 9.17) is 0 Å². The van der Waals surface area contributed by atoms with Crippen LogP contribution in [0.3, 0.4) is 0 Å². The summed E-state index contributed by atoms with van der Waals surface area (Å²) in [5, 5.41) is 16.6. The molecule has 1 rings (SSSR count). The summed E-state index contributed by atoms with van der Waals surface area (Å²) in [6, 6.07) is 4.38. The van der Waals surface area contributed by atoms with Crippen molar-refractivity contribution in [3.8, 4) is 11.8 Å².